The topological polar surface area (TPSA) is 126 Å². The quantitative estimate of drug-likeness (QED) is 0.155. The van der Waals surface area contributed by atoms with Crippen LogP contribution in [0.3, 0.4) is 0 Å². The van der Waals surface area contributed by atoms with Gasteiger partial charge in [-0.25, -0.2) is 5.48 Å². The lowest BCUT2D eigenvalue weighted by Crippen LogP contribution is -2.23. The summed E-state index contributed by atoms with van der Waals surface area (Å²) in [6.45, 7) is 2.71. The van der Waals surface area contributed by atoms with E-state index in [2.05, 4.69) is 5.48 Å². The first-order valence-electron chi connectivity index (χ1n) is 10.5. The highest BCUT2D eigenvalue weighted by Crippen LogP contribution is 2.49. The van der Waals surface area contributed by atoms with Crippen LogP contribution in [0.15, 0.2) is 30.3 Å². The highest BCUT2D eigenvalue weighted by Gasteiger charge is 2.26. The molecule has 32 heavy (non-hydrogen) atoms. The van der Waals surface area contributed by atoms with Crippen LogP contribution in [0.2, 0.25) is 0 Å². The number of ether oxygens (including phenoxy) is 2. The number of amides is 1. The van der Waals surface area contributed by atoms with E-state index >= 15 is 0 Å². The van der Waals surface area contributed by atoms with Gasteiger partial charge in [0, 0.05) is 19.3 Å². The van der Waals surface area contributed by atoms with Crippen LogP contribution >= 0.6 is 7.60 Å². The number of carbonyl (C=O) groups excluding carboxylic acids is 3. The molecule has 1 aromatic rings. The van der Waals surface area contributed by atoms with Crippen molar-refractivity contribution in [1.82, 2.24) is 5.48 Å². The lowest BCUT2D eigenvalue weighted by molar-refractivity contribution is -0.152. The smallest absolute Gasteiger partial charge is 0.336 e. The summed E-state index contributed by atoms with van der Waals surface area (Å²) in [7, 11) is -3.77. The summed E-state index contributed by atoms with van der Waals surface area (Å²) in [6, 6.07) is 9.31. The molecule has 0 bridgehead atoms. The number of hydrogen-bond donors (Lipinski definition) is 1. The summed E-state index contributed by atoms with van der Waals surface area (Å²) in [5, 5.41) is 0. The summed E-state index contributed by atoms with van der Waals surface area (Å²) in [4.78, 5) is 40.0. The van der Waals surface area contributed by atoms with Gasteiger partial charge in [0.15, 0.2) is 0 Å². The third-order valence-corrected chi connectivity index (χ3v) is 5.81. The van der Waals surface area contributed by atoms with E-state index in [4.69, 9.17) is 23.4 Å². The Balaban J connectivity index is 2.42. The fraction of sp³-hybridized carbons (Fsp3) is 0.571. The van der Waals surface area contributed by atoms with Crippen LogP contribution in [-0.4, -0.2) is 37.6 Å². The van der Waals surface area contributed by atoms with Crippen molar-refractivity contribution in [3.8, 4) is 0 Å². The van der Waals surface area contributed by atoms with Gasteiger partial charge in [-0.2, -0.15) is 0 Å². The van der Waals surface area contributed by atoms with Crippen LogP contribution < -0.4 is 5.48 Å². The molecule has 1 aromatic carbocycles. The predicted molar refractivity (Wildman–Crippen MR) is 115 cm³/mol. The van der Waals surface area contributed by atoms with E-state index in [1.165, 1.54) is 0 Å². The monoisotopic (exact) mass is 473 g/mol. The van der Waals surface area contributed by atoms with Crippen molar-refractivity contribution in [2.75, 3.05) is 19.7 Å². The Morgan fingerprint density at radius 2 is 1.44 bits per heavy atom. The first kappa shape index (κ1) is 27.8. The first-order valence-corrected chi connectivity index (χ1v) is 12.2. The van der Waals surface area contributed by atoms with Gasteiger partial charge < -0.3 is 9.47 Å². The van der Waals surface area contributed by atoms with Crippen LogP contribution in [0.25, 0.3) is 0 Å². The van der Waals surface area contributed by atoms with Crippen molar-refractivity contribution in [3.63, 3.8) is 0 Å². The Bertz CT molecular complexity index is 714. The SMILES string of the molecule is CCCC(=O)OCOP(=O)(CCCC(=O)NOCc1ccccc1)OCOC(=O)CCC. The molecule has 1 amide bonds. The van der Waals surface area contributed by atoms with Gasteiger partial charge in [-0.05, 0) is 24.8 Å². The lowest BCUT2D eigenvalue weighted by Gasteiger charge is -2.18. The second-order valence-corrected chi connectivity index (χ2v) is 8.95. The average Bonchev–Trinajstić information content (AvgIpc) is 2.75. The third kappa shape index (κ3) is 13.2. The minimum atomic E-state index is -3.77. The summed E-state index contributed by atoms with van der Waals surface area (Å²) in [6.07, 6.45) is 1.60. The Labute approximate surface area is 188 Å². The summed E-state index contributed by atoms with van der Waals surface area (Å²) in [5.74, 6) is -1.40. The van der Waals surface area contributed by atoms with Crippen molar-refractivity contribution in [2.24, 2.45) is 0 Å². The molecule has 0 aromatic heterocycles. The molecule has 10 nitrogen and oxygen atoms in total. The van der Waals surface area contributed by atoms with Crippen LogP contribution in [0, 0.1) is 0 Å². The molecule has 180 valence electrons. The zero-order chi connectivity index (χ0) is 23.7. The van der Waals surface area contributed by atoms with Gasteiger partial charge in [-0.3, -0.25) is 32.8 Å². The van der Waals surface area contributed by atoms with Gasteiger partial charge in [-0.15, -0.1) is 0 Å². The molecule has 0 spiro atoms. The fourth-order valence-corrected chi connectivity index (χ4v) is 3.63. The number of benzene rings is 1. The fourth-order valence-electron chi connectivity index (χ4n) is 2.32. The van der Waals surface area contributed by atoms with Crippen molar-refractivity contribution in [3.05, 3.63) is 35.9 Å². The summed E-state index contributed by atoms with van der Waals surface area (Å²) >= 11 is 0. The summed E-state index contributed by atoms with van der Waals surface area (Å²) < 4.78 is 32.9. The van der Waals surface area contributed by atoms with E-state index < -0.39 is 39.0 Å². The zero-order valence-electron chi connectivity index (χ0n) is 18.6. The molecule has 0 heterocycles. The van der Waals surface area contributed by atoms with Gasteiger partial charge in [0.1, 0.15) is 0 Å². The maximum Gasteiger partial charge on any atom is 0.336 e. The number of nitrogens with one attached hydrogen (secondary N) is 1. The van der Waals surface area contributed by atoms with Gasteiger partial charge in [0.25, 0.3) is 0 Å². The standard InChI is InChI=1S/C21H32NO9P/c1-3-9-20(24)27-16-30-32(26,31-17-28-21(25)10-4-2)14-8-13-19(23)22-29-15-18-11-6-5-7-12-18/h5-7,11-12H,3-4,8-10,13-17H2,1-2H3,(H,22,23). The van der Waals surface area contributed by atoms with E-state index in [9.17, 15) is 18.9 Å². The molecular weight excluding hydrogens is 441 g/mol. The van der Waals surface area contributed by atoms with E-state index in [0.29, 0.717) is 12.8 Å². The molecule has 0 saturated heterocycles. The third-order valence-electron chi connectivity index (χ3n) is 3.95. The maximum atomic E-state index is 12.9. The predicted octanol–water partition coefficient (Wildman–Crippen LogP) is 3.84. The largest absolute Gasteiger partial charge is 0.438 e. The molecule has 0 aliphatic heterocycles. The van der Waals surface area contributed by atoms with Crippen LogP contribution in [-0.2, 0) is 48.9 Å². The van der Waals surface area contributed by atoms with Gasteiger partial charge in [0.2, 0.25) is 19.5 Å². The number of hydrogen-bond acceptors (Lipinski definition) is 9. The van der Waals surface area contributed by atoms with Gasteiger partial charge >= 0.3 is 19.5 Å². The molecular formula is C21H32NO9P. The first-order chi connectivity index (χ1) is 15.4. The highest BCUT2D eigenvalue weighted by atomic mass is 31.2. The van der Waals surface area contributed by atoms with Crippen molar-refractivity contribution >= 4 is 25.4 Å². The minimum Gasteiger partial charge on any atom is -0.438 e. The Morgan fingerprint density at radius 3 is 1.97 bits per heavy atom. The molecule has 1 rings (SSSR count). The molecule has 0 saturated carbocycles. The number of esters is 2. The Kier molecular flexibility index (Phi) is 14.2. The van der Waals surface area contributed by atoms with E-state index in [-0.39, 0.29) is 38.5 Å². The maximum absolute atomic E-state index is 12.9. The number of carbonyl (C=O) groups is 3. The Hall–Kier alpha value is -2.26. The second-order valence-electron chi connectivity index (χ2n) is 6.76. The van der Waals surface area contributed by atoms with Crippen molar-refractivity contribution in [1.29, 1.82) is 0 Å². The molecule has 0 unspecified atom stereocenters. The van der Waals surface area contributed by atoms with E-state index in [1.807, 2.05) is 44.2 Å². The number of hydroxylamine groups is 1. The number of rotatable bonds is 17. The van der Waals surface area contributed by atoms with Crippen LogP contribution in [0.4, 0.5) is 0 Å². The van der Waals surface area contributed by atoms with Crippen LogP contribution in [0.1, 0.15) is 57.9 Å². The van der Waals surface area contributed by atoms with E-state index in [0.717, 1.165) is 5.56 Å². The normalized spacial score (nSPS) is 11.1. The molecule has 0 atom stereocenters. The average molecular weight is 473 g/mol. The Morgan fingerprint density at radius 1 is 0.875 bits per heavy atom. The molecule has 1 N–H and O–H groups in total. The zero-order valence-corrected chi connectivity index (χ0v) is 19.5. The molecule has 0 aliphatic rings. The van der Waals surface area contributed by atoms with Gasteiger partial charge in [-0.1, -0.05) is 44.2 Å². The molecule has 0 radical (unpaired) electrons. The molecule has 11 heteroatoms. The summed E-state index contributed by atoms with van der Waals surface area (Å²) in [5.41, 5.74) is 3.21. The van der Waals surface area contributed by atoms with Crippen molar-refractivity contribution in [2.45, 2.75) is 59.0 Å². The lowest BCUT2D eigenvalue weighted by atomic mass is 10.2. The van der Waals surface area contributed by atoms with E-state index in [1.54, 1.807) is 0 Å². The van der Waals surface area contributed by atoms with Crippen LogP contribution in [0.5, 0.6) is 0 Å². The minimum absolute atomic E-state index is 0.00323. The van der Waals surface area contributed by atoms with Gasteiger partial charge in [0.05, 0.1) is 12.8 Å². The molecule has 0 fully saturated rings. The highest BCUT2D eigenvalue weighted by molar-refractivity contribution is 7.53. The molecule has 0 aliphatic carbocycles. The second kappa shape index (κ2) is 16.4. The van der Waals surface area contributed by atoms with Crippen molar-refractivity contribution < 1.29 is 42.3 Å².